The van der Waals surface area contributed by atoms with E-state index in [0.717, 1.165) is 6.20 Å². The number of aliphatic hydroxyl groups excluding tert-OH is 1. The van der Waals surface area contributed by atoms with Gasteiger partial charge in [0.15, 0.2) is 5.69 Å². The molecule has 0 saturated carbocycles. The lowest BCUT2D eigenvalue weighted by atomic mass is 10.4. The number of carboxylic acids is 1. The van der Waals surface area contributed by atoms with Gasteiger partial charge >= 0.3 is 5.97 Å². The van der Waals surface area contributed by atoms with E-state index >= 15 is 0 Å². The molecule has 6 heteroatoms. The predicted molar refractivity (Wildman–Crippen MR) is 52.3 cm³/mol. The number of anilines is 1. The first-order chi connectivity index (χ1) is 7.24. The molecule has 0 aliphatic rings. The summed E-state index contributed by atoms with van der Waals surface area (Å²) in [7, 11) is 0. The van der Waals surface area contributed by atoms with Gasteiger partial charge in [0.05, 0.1) is 18.9 Å². The van der Waals surface area contributed by atoms with E-state index in [1.807, 2.05) is 0 Å². The van der Waals surface area contributed by atoms with Crippen LogP contribution in [0.5, 0.6) is 0 Å². The molecular weight excluding hydrogens is 198 g/mol. The van der Waals surface area contributed by atoms with Crippen LogP contribution in [0, 0.1) is 11.8 Å². The Kier molecular flexibility index (Phi) is 4.06. The minimum absolute atomic E-state index is 0.109. The number of aliphatic hydroxyl groups is 1. The zero-order valence-electron chi connectivity index (χ0n) is 7.77. The van der Waals surface area contributed by atoms with Crippen molar-refractivity contribution >= 4 is 11.8 Å². The summed E-state index contributed by atoms with van der Waals surface area (Å²) in [5.41, 5.74) is -0.109. The Hall–Kier alpha value is -2.13. The third kappa shape index (κ3) is 3.62. The largest absolute Gasteiger partial charge is 0.476 e. The number of carboxylic acid groups (broad SMARTS) is 1. The zero-order valence-corrected chi connectivity index (χ0v) is 7.77. The second-order valence-electron chi connectivity index (χ2n) is 2.46. The zero-order chi connectivity index (χ0) is 11.1. The summed E-state index contributed by atoms with van der Waals surface area (Å²) in [4.78, 5) is 17.9. The Labute approximate surface area is 86.0 Å². The van der Waals surface area contributed by atoms with Gasteiger partial charge in [0.1, 0.15) is 12.4 Å². The van der Waals surface area contributed by atoms with Gasteiger partial charge in [0.2, 0.25) is 0 Å². The highest BCUT2D eigenvalue weighted by atomic mass is 16.4. The maximum absolute atomic E-state index is 10.4. The summed E-state index contributed by atoms with van der Waals surface area (Å²) < 4.78 is 0. The minimum atomic E-state index is -1.12. The topological polar surface area (TPSA) is 95.3 Å². The number of aromatic nitrogens is 2. The summed E-state index contributed by atoms with van der Waals surface area (Å²) in [5, 5.41) is 19.7. The molecule has 0 unspecified atom stereocenters. The molecule has 1 aromatic rings. The Bertz CT molecular complexity index is 391. The van der Waals surface area contributed by atoms with Crippen LogP contribution in [0.2, 0.25) is 0 Å². The van der Waals surface area contributed by atoms with Crippen molar-refractivity contribution in [3.05, 3.63) is 18.1 Å². The summed E-state index contributed by atoms with van der Waals surface area (Å²) in [5.74, 6) is 4.40. The average molecular weight is 207 g/mol. The van der Waals surface area contributed by atoms with Gasteiger partial charge in [-0.15, -0.1) is 0 Å². The van der Waals surface area contributed by atoms with Gasteiger partial charge in [-0.3, -0.25) is 0 Å². The number of hydrogen-bond acceptors (Lipinski definition) is 5. The van der Waals surface area contributed by atoms with Crippen molar-refractivity contribution in [2.24, 2.45) is 0 Å². The summed E-state index contributed by atoms with van der Waals surface area (Å²) in [6, 6.07) is 0. The Morgan fingerprint density at radius 1 is 1.40 bits per heavy atom. The van der Waals surface area contributed by atoms with Gasteiger partial charge in [0.25, 0.3) is 0 Å². The molecule has 1 heterocycles. The Morgan fingerprint density at radius 2 is 2.20 bits per heavy atom. The molecular formula is C9H9N3O3. The van der Waals surface area contributed by atoms with Gasteiger partial charge < -0.3 is 15.5 Å². The van der Waals surface area contributed by atoms with Crippen LogP contribution < -0.4 is 5.32 Å². The predicted octanol–water partition coefficient (Wildman–Crippen LogP) is -0.418. The van der Waals surface area contributed by atoms with Crippen molar-refractivity contribution in [3.63, 3.8) is 0 Å². The van der Waals surface area contributed by atoms with Crippen LogP contribution in [0.3, 0.4) is 0 Å². The van der Waals surface area contributed by atoms with Crippen LogP contribution in [0.1, 0.15) is 10.5 Å². The molecule has 0 fully saturated rings. The Balaban J connectivity index is 2.53. The highest BCUT2D eigenvalue weighted by molar-refractivity contribution is 5.84. The molecule has 78 valence electrons. The van der Waals surface area contributed by atoms with E-state index in [-0.39, 0.29) is 12.3 Å². The lowest BCUT2D eigenvalue weighted by Crippen LogP contribution is -2.05. The third-order valence-electron chi connectivity index (χ3n) is 1.43. The van der Waals surface area contributed by atoms with Gasteiger partial charge in [-0.1, -0.05) is 11.8 Å². The molecule has 15 heavy (non-hydrogen) atoms. The van der Waals surface area contributed by atoms with E-state index in [1.54, 1.807) is 0 Å². The van der Waals surface area contributed by atoms with E-state index in [2.05, 4.69) is 27.1 Å². The first-order valence-corrected chi connectivity index (χ1v) is 4.10. The molecule has 1 aromatic heterocycles. The van der Waals surface area contributed by atoms with Crippen molar-refractivity contribution in [1.82, 2.24) is 9.97 Å². The minimum Gasteiger partial charge on any atom is -0.476 e. The molecule has 0 aliphatic heterocycles. The average Bonchev–Trinajstić information content (AvgIpc) is 2.25. The number of aromatic carboxylic acids is 1. The van der Waals surface area contributed by atoms with Crippen LogP contribution in [0.25, 0.3) is 0 Å². The van der Waals surface area contributed by atoms with Crippen molar-refractivity contribution in [2.45, 2.75) is 0 Å². The monoisotopic (exact) mass is 207 g/mol. The first-order valence-electron chi connectivity index (χ1n) is 4.10. The van der Waals surface area contributed by atoms with Crippen LogP contribution in [-0.4, -0.2) is 39.3 Å². The molecule has 0 bridgehead atoms. The number of rotatable bonds is 3. The summed E-state index contributed by atoms with van der Waals surface area (Å²) in [6.07, 6.45) is 2.47. The molecule has 0 aliphatic carbocycles. The molecule has 0 spiro atoms. The number of carbonyl (C=O) groups is 1. The maximum atomic E-state index is 10.4. The fourth-order valence-corrected chi connectivity index (χ4v) is 0.783. The summed E-state index contributed by atoms with van der Waals surface area (Å²) in [6.45, 7) is 0.132. The standard InChI is InChI=1S/C9H9N3O3/c13-4-2-1-3-10-8-6-11-7(5-12-8)9(14)15/h5-6,13H,3-4H2,(H,10,12)(H,14,15). The fourth-order valence-electron chi connectivity index (χ4n) is 0.783. The fraction of sp³-hybridized carbons (Fsp3) is 0.222. The lowest BCUT2D eigenvalue weighted by Gasteiger charge is -1.99. The van der Waals surface area contributed by atoms with Gasteiger partial charge in [-0.05, 0) is 0 Å². The number of nitrogens with one attached hydrogen (secondary N) is 1. The van der Waals surface area contributed by atoms with Gasteiger partial charge in [-0.2, -0.15) is 0 Å². The van der Waals surface area contributed by atoms with Crippen LogP contribution in [0.4, 0.5) is 5.82 Å². The number of nitrogens with zero attached hydrogens (tertiary/aromatic N) is 2. The summed E-state index contributed by atoms with van der Waals surface area (Å²) >= 11 is 0. The van der Waals surface area contributed by atoms with Gasteiger partial charge in [-0.25, -0.2) is 14.8 Å². The molecule has 0 atom stereocenters. The quantitative estimate of drug-likeness (QED) is 0.583. The molecule has 1 rings (SSSR count). The third-order valence-corrected chi connectivity index (χ3v) is 1.43. The van der Waals surface area contributed by atoms with E-state index in [1.165, 1.54) is 6.20 Å². The molecule has 0 amide bonds. The van der Waals surface area contributed by atoms with E-state index in [0.29, 0.717) is 12.4 Å². The van der Waals surface area contributed by atoms with E-state index in [4.69, 9.17) is 10.2 Å². The SMILES string of the molecule is O=C(O)c1cnc(NCC#CCO)cn1. The highest BCUT2D eigenvalue weighted by Crippen LogP contribution is 1.99. The molecule has 6 nitrogen and oxygen atoms in total. The Morgan fingerprint density at radius 3 is 2.73 bits per heavy atom. The van der Waals surface area contributed by atoms with Crippen molar-refractivity contribution in [3.8, 4) is 11.8 Å². The first kappa shape index (κ1) is 10.9. The van der Waals surface area contributed by atoms with E-state index in [9.17, 15) is 4.79 Å². The number of hydrogen-bond donors (Lipinski definition) is 3. The molecule has 0 aromatic carbocycles. The van der Waals surface area contributed by atoms with Gasteiger partial charge in [0, 0.05) is 0 Å². The van der Waals surface area contributed by atoms with E-state index < -0.39 is 5.97 Å². The van der Waals surface area contributed by atoms with Crippen LogP contribution in [0.15, 0.2) is 12.4 Å². The molecule has 0 saturated heterocycles. The van der Waals surface area contributed by atoms with Crippen LogP contribution >= 0.6 is 0 Å². The van der Waals surface area contributed by atoms with Crippen molar-refractivity contribution in [2.75, 3.05) is 18.5 Å². The smallest absolute Gasteiger partial charge is 0.356 e. The maximum Gasteiger partial charge on any atom is 0.356 e. The van der Waals surface area contributed by atoms with Crippen molar-refractivity contribution < 1.29 is 15.0 Å². The second-order valence-corrected chi connectivity index (χ2v) is 2.46. The molecule has 3 N–H and O–H groups in total. The molecule has 0 radical (unpaired) electrons. The van der Waals surface area contributed by atoms with Crippen molar-refractivity contribution in [1.29, 1.82) is 0 Å². The highest BCUT2D eigenvalue weighted by Gasteiger charge is 2.03. The normalized spacial score (nSPS) is 8.87. The second kappa shape index (κ2) is 5.57. The lowest BCUT2D eigenvalue weighted by molar-refractivity contribution is 0.0690. The van der Waals surface area contributed by atoms with Crippen LogP contribution in [-0.2, 0) is 0 Å².